The van der Waals surface area contributed by atoms with E-state index in [4.69, 9.17) is 5.26 Å². The minimum absolute atomic E-state index is 0.219. The van der Waals surface area contributed by atoms with Crippen molar-refractivity contribution in [2.45, 2.75) is 32.2 Å². The molecule has 0 aromatic carbocycles. The molecule has 1 aliphatic carbocycles. The molecule has 1 aliphatic rings. The number of hydrogen-bond acceptors (Lipinski definition) is 3. The van der Waals surface area contributed by atoms with E-state index in [0.29, 0.717) is 5.92 Å². The Morgan fingerprint density at radius 1 is 1.57 bits per heavy atom. The van der Waals surface area contributed by atoms with Crippen molar-refractivity contribution >= 4 is 10.0 Å². The van der Waals surface area contributed by atoms with Gasteiger partial charge < -0.3 is 0 Å². The second kappa shape index (κ2) is 4.28. The normalized spacial score (nSPS) is 19.3. The molecule has 0 heterocycles. The maximum absolute atomic E-state index is 11.7. The van der Waals surface area contributed by atoms with Crippen LogP contribution in [-0.2, 0) is 10.0 Å². The van der Waals surface area contributed by atoms with Crippen LogP contribution in [0.3, 0.4) is 0 Å². The maximum Gasteiger partial charge on any atom is 0.214 e. The molecule has 80 valence electrons. The number of hydrogen-bond donors (Lipinski definition) is 0. The van der Waals surface area contributed by atoms with Crippen molar-refractivity contribution in [3.8, 4) is 6.07 Å². The lowest BCUT2D eigenvalue weighted by Crippen LogP contribution is -2.36. The van der Waals surface area contributed by atoms with Crippen LogP contribution in [0.2, 0.25) is 0 Å². The highest BCUT2D eigenvalue weighted by atomic mass is 32.2. The molecule has 1 fully saturated rings. The van der Waals surface area contributed by atoms with E-state index in [-0.39, 0.29) is 18.2 Å². The Kier molecular flexibility index (Phi) is 3.51. The Morgan fingerprint density at radius 2 is 2.14 bits per heavy atom. The van der Waals surface area contributed by atoms with Crippen LogP contribution >= 0.6 is 0 Å². The van der Waals surface area contributed by atoms with Gasteiger partial charge in [-0.25, -0.2) is 12.7 Å². The van der Waals surface area contributed by atoms with Gasteiger partial charge in [-0.2, -0.15) is 5.26 Å². The van der Waals surface area contributed by atoms with Gasteiger partial charge in [0.05, 0.1) is 18.2 Å². The zero-order chi connectivity index (χ0) is 10.8. The average molecular weight is 216 g/mol. The predicted octanol–water partition coefficient (Wildman–Crippen LogP) is 0.960. The van der Waals surface area contributed by atoms with Crippen LogP contribution in [0, 0.1) is 17.2 Å². The fourth-order valence-corrected chi connectivity index (χ4v) is 3.02. The molecule has 1 atom stereocenters. The Morgan fingerprint density at radius 3 is 2.57 bits per heavy atom. The van der Waals surface area contributed by atoms with Gasteiger partial charge in [-0.15, -0.1) is 0 Å². The zero-order valence-electron chi connectivity index (χ0n) is 8.60. The maximum atomic E-state index is 11.7. The third-order valence-corrected chi connectivity index (χ3v) is 4.72. The van der Waals surface area contributed by atoms with Gasteiger partial charge in [-0.05, 0) is 25.7 Å². The summed E-state index contributed by atoms with van der Waals surface area (Å²) in [6.45, 7) is 1.76. The molecule has 0 bridgehead atoms. The van der Waals surface area contributed by atoms with Gasteiger partial charge in [-0.1, -0.05) is 0 Å². The van der Waals surface area contributed by atoms with Gasteiger partial charge in [0.2, 0.25) is 10.0 Å². The molecule has 14 heavy (non-hydrogen) atoms. The molecule has 1 rings (SSSR count). The van der Waals surface area contributed by atoms with Crippen molar-refractivity contribution in [3.05, 3.63) is 0 Å². The third-order valence-electron chi connectivity index (χ3n) is 2.59. The second-order valence-corrected chi connectivity index (χ2v) is 6.02. The van der Waals surface area contributed by atoms with Crippen molar-refractivity contribution < 1.29 is 8.42 Å². The van der Waals surface area contributed by atoms with Gasteiger partial charge in [0.1, 0.15) is 0 Å². The molecular formula is C9H16N2O2S. The molecule has 0 aliphatic heterocycles. The smallest absolute Gasteiger partial charge is 0.212 e. The largest absolute Gasteiger partial charge is 0.214 e. The molecular weight excluding hydrogens is 200 g/mol. The van der Waals surface area contributed by atoms with E-state index in [9.17, 15) is 8.42 Å². The lowest BCUT2D eigenvalue weighted by molar-refractivity contribution is 0.392. The predicted molar refractivity (Wildman–Crippen MR) is 54.0 cm³/mol. The first kappa shape index (κ1) is 11.5. The van der Waals surface area contributed by atoms with Crippen molar-refractivity contribution in [1.82, 2.24) is 4.31 Å². The van der Waals surface area contributed by atoms with Crippen molar-refractivity contribution in [2.24, 2.45) is 5.92 Å². The molecule has 5 heteroatoms. The molecule has 0 aromatic heterocycles. The summed E-state index contributed by atoms with van der Waals surface area (Å²) >= 11 is 0. The average Bonchev–Trinajstić information content (AvgIpc) is 2.86. The van der Waals surface area contributed by atoms with Crippen LogP contribution in [0.1, 0.15) is 26.2 Å². The van der Waals surface area contributed by atoms with Crippen LogP contribution < -0.4 is 0 Å². The van der Waals surface area contributed by atoms with E-state index < -0.39 is 10.0 Å². The van der Waals surface area contributed by atoms with E-state index in [2.05, 4.69) is 0 Å². The van der Waals surface area contributed by atoms with Gasteiger partial charge >= 0.3 is 0 Å². The quantitative estimate of drug-likeness (QED) is 0.687. The van der Waals surface area contributed by atoms with Crippen LogP contribution in [0.5, 0.6) is 0 Å². The summed E-state index contributed by atoms with van der Waals surface area (Å²) in [7, 11) is -1.58. The summed E-state index contributed by atoms with van der Waals surface area (Å²) in [6, 6.07) is 1.76. The second-order valence-electron chi connectivity index (χ2n) is 3.95. The van der Waals surface area contributed by atoms with E-state index in [0.717, 1.165) is 12.8 Å². The minimum atomic E-state index is -3.14. The number of rotatable bonds is 5. The summed E-state index contributed by atoms with van der Waals surface area (Å²) in [4.78, 5) is 0. The Labute approximate surface area is 85.6 Å². The molecule has 1 saturated carbocycles. The molecule has 1 unspecified atom stereocenters. The standard InChI is InChI=1S/C9H16N2O2S/c1-8(5-6-10)11(2)14(12,13)7-9-3-4-9/h8-9H,3-5,7H2,1-2H3. The first-order valence-corrected chi connectivity index (χ1v) is 6.41. The van der Waals surface area contributed by atoms with Crippen LogP contribution in [0.4, 0.5) is 0 Å². The van der Waals surface area contributed by atoms with E-state index >= 15 is 0 Å². The highest BCUT2D eigenvalue weighted by molar-refractivity contribution is 7.89. The topological polar surface area (TPSA) is 61.2 Å². The Balaban J connectivity index is 2.56. The molecule has 0 aromatic rings. The van der Waals surface area contributed by atoms with Crippen molar-refractivity contribution in [2.75, 3.05) is 12.8 Å². The lowest BCUT2D eigenvalue weighted by Gasteiger charge is -2.22. The van der Waals surface area contributed by atoms with E-state index in [1.54, 1.807) is 14.0 Å². The Hall–Kier alpha value is -0.600. The van der Waals surface area contributed by atoms with Gasteiger partial charge in [0, 0.05) is 13.1 Å². The zero-order valence-corrected chi connectivity index (χ0v) is 9.42. The number of nitriles is 1. The van der Waals surface area contributed by atoms with Crippen LogP contribution in [0.25, 0.3) is 0 Å². The monoisotopic (exact) mass is 216 g/mol. The highest BCUT2D eigenvalue weighted by Gasteiger charge is 2.31. The first-order valence-electron chi connectivity index (χ1n) is 4.80. The molecule has 0 amide bonds. The molecule has 4 nitrogen and oxygen atoms in total. The lowest BCUT2D eigenvalue weighted by atomic mass is 10.3. The van der Waals surface area contributed by atoms with Gasteiger partial charge in [0.25, 0.3) is 0 Å². The molecule has 0 N–H and O–H groups in total. The van der Waals surface area contributed by atoms with E-state index in [1.165, 1.54) is 4.31 Å². The number of sulfonamides is 1. The van der Waals surface area contributed by atoms with Gasteiger partial charge in [-0.3, -0.25) is 0 Å². The SMILES string of the molecule is CC(CC#N)N(C)S(=O)(=O)CC1CC1. The first-order chi connectivity index (χ1) is 6.47. The Bertz CT molecular complexity index is 327. The van der Waals surface area contributed by atoms with Crippen LogP contribution in [0.15, 0.2) is 0 Å². The summed E-state index contributed by atoms with van der Waals surface area (Å²) in [5, 5.41) is 8.47. The van der Waals surface area contributed by atoms with Crippen molar-refractivity contribution in [3.63, 3.8) is 0 Å². The fraction of sp³-hybridized carbons (Fsp3) is 0.889. The molecule has 0 spiro atoms. The summed E-state index contributed by atoms with van der Waals surface area (Å²) in [5.74, 6) is 0.607. The summed E-state index contributed by atoms with van der Waals surface area (Å²) in [5.41, 5.74) is 0. The van der Waals surface area contributed by atoms with E-state index in [1.807, 2.05) is 6.07 Å². The number of nitrogens with zero attached hydrogens (tertiary/aromatic N) is 2. The fourth-order valence-electron chi connectivity index (χ4n) is 1.23. The third kappa shape index (κ3) is 2.96. The van der Waals surface area contributed by atoms with Crippen LogP contribution in [-0.4, -0.2) is 31.6 Å². The summed E-state index contributed by atoms with van der Waals surface area (Å²) in [6.07, 6.45) is 2.31. The molecule has 0 radical (unpaired) electrons. The van der Waals surface area contributed by atoms with Gasteiger partial charge in [0.15, 0.2) is 0 Å². The molecule has 0 saturated heterocycles. The minimum Gasteiger partial charge on any atom is -0.212 e. The highest BCUT2D eigenvalue weighted by Crippen LogP contribution is 2.31. The summed E-state index contributed by atoms with van der Waals surface area (Å²) < 4.78 is 24.8. The van der Waals surface area contributed by atoms with Crippen molar-refractivity contribution in [1.29, 1.82) is 5.26 Å².